The van der Waals surface area contributed by atoms with Gasteiger partial charge in [-0.25, -0.2) is 14.4 Å². The van der Waals surface area contributed by atoms with Crippen LogP contribution in [0.1, 0.15) is 62.6 Å². The topological polar surface area (TPSA) is 95.7 Å². The summed E-state index contributed by atoms with van der Waals surface area (Å²) in [5.41, 5.74) is 5.76. The first-order valence-electron chi connectivity index (χ1n) is 12.0. The number of cyclic esters (lactones) is 2. The van der Waals surface area contributed by atoms with Gasteiger partial charge in [0.25, 0.3) is 0 Å². The van der Waals surface area contributed by atoms with E-state index in [-0.39, 0.29) is 24.2 Å². The Morgan fingerprint density at radius 2 is 1.69 bits per heavy atom. The fourth-order valence-electron chi connectivity index (χ4n) is 4.86. The molecule has 1 aromatic heterocycles. The highest BCUT2D eigenvalue weighted by atomic mass is 16.5. The molecule has 0 radical (unpaired) electrons. The largest absolute Gasteiger partial charge is 0.457 e. The lowest BCUT2D eigenvalue weighted by atomic mass is 9.96. The Kier molecular flexibility index (Phi) is 6.02. The molecule has 0 bridgehead atoms. The average Bonchev–Trinajstić information content (AvgIpc) is 3.55. The summed E-state index contributed by atoms with van der Waals surface area (Å²) in [6.07, 6.45) is 0.844. The van der Waals surface area contributed by atoms with Crippen molar-refractivity contribution in [2.75, 3.05) is 13.1 Å². The summed E-state index contributed by atoms with van der Waals surface area (Å²) in [6.45, 7) is 9.36. The zero-order chi connectivity index (χ0) is 24.7. The van der Waals surface area contributed by atoms with Gasteiger partial charge in [-0.2, -0.15) is 4.68 Å². The van der Waals surface area contributed by atoms with Crippen LogP contribution >= 0.6 is 0 Å². The number of rotatable bonds is 4. The minimum absolute atomic E-state index is 0.172. The standard InChI is InChI=1S/C24H22N4O5.C2H6/c1-14-15(2-4-19-20(14)13-33-23(19)30)6-7-26-8-9-27-21(11-26)25-28(24(27)31)17-3-5-18-16(10-17)12-32-22(18)29;1-2/h2-5,10H,6-9,11-13H2,1H3;1-2H3. The van der Waals surface area contributed by atoms with Crippen molar-refractivity contribution >= 4 is 11.9 Å². The first-order chi connectivity index (χ1) is 17.0. The SMILES string of the molecule is CC.Cc1c(CCN2CCn3c(nn(-c4ccc5c(c4)COC5=O)c3=O)C2)ccc2c1COC2=O. The van der Waals surface area contributed by atoms with Crippen LogP contribution in [-0.2, 0) is 42.2 Å². The van der Waals surface area contributed by atoms with Crippen molar-refractivity contribution < 1.29 is 19.1 Å². The van der Waals surface area contributed by atoms with Crippen molar-refractivity contribution in [1.29, 1.82) is 0 Å². The van der Waals surface area contributed by atoms with Gasteiger partial charge in [0.2, 0.25) is 0 Å². The molecule has 3 aliphatic heterocycles. The summed E-state index contributed by atoms with van der Waals surface area (Å²) < 4.78 is 13.3. The molecule has 0 N–H and O–H groups in total. The number of hydrogen-bond donors (Lipinski definition) is 0. The molecule has 4 heterocycles. The van der Waals surface area contributed by atoms with Gasteiger partial charge in [-0.15, -0.1) is 5.10 Å². The van der Waals surface area contributed by atoms with Gasteiger partial charge in [0.05, 0.1) is 23.4 Å². The molecule has 0 fully saturated rings. The molecule has 3 aromatic rings. The summed E-state index contributed by atoms with van der Waals surface area (Å²) in [5.74, 6) is 0.150. The first kappa shape index (κ1) is 23.0. The van der Waals surface area contributed by atoms with Gasteiger partial charge in [0.1, 0.15) is 19.0 Å². The van der Waals surface area contributed by atoms with Crippen LogP contribution in [0.15, 0.2) is 35.1 Å². The summed E-state index contributed by atoms with van der Waals surface area (Å²) in [6, 6.07) is 9.09. The molecular formula is C26H28N4O5. The van der Waals surface area contributed by atoms with Gasteiger partial charge >= 0.3 is 17.6 Å². The minimum atomic E-state index is -0.332. The molecule has 0 aliphatic carbocycles. The second-order valence-corrected chi connectivity index (χ2v) is 8.66. The molecule has 0 atom stereocenters. The highest BCUT2D eigenvalue weighted by Crippen LogP contribution is 2.26. The van der Waals surface area contributed by atoms with E-state index in [1.807, 2.05) is 32.9 Å². The van der Waals surface area contributed by atoms with Crippen LogP contribution in [0.2, 0.25) is 0 Å². The quantitative estimate of drug-likeness (QED) is 0.535. The van der Waals surface area contributed by atoms with Crippen molar-refractivity contribution in [3.8, 4) is 5.69 Å². The average molecular weight is 477 g/mol. The zero-order valence-corrected chi connectivity index (χ0v) is 20.2. The van der Waals surface area contributed by atoms with Crippen LogP contribution in [0.4, 0.5) is 0 Å². The maximum absolute atomic E-state index is 13.0. The highest BCUT2D eigenvalue weighted by Gasteiger charge is 2.26. The molecule has 0 spiro atoms. The second kappa shape index (κ2) is 9.14. The summed E-state index contributed by atoms with van der Waals surface area (Å²) >= 11 is 0. The molecule has 3 aliphatic rings. The molecule has 0 unspecified atom stereocenters. The number of aromatic nitrogens is 3. The Balaban J connectivity index is 0.00000124. The zero-order valence-electron chi connectivity index (χ0n) is 20.2. The number of carbonyl (C=O) groups excluding carboxylic acids is 2. The van der Waals surface area contributed by atoms with E-state index in [1.165, 1.54) is 10.2 Å². The number of ether oxygens (including phenoxy) is 2. The van der Waals surface area contributed by atoms with Gasteiger partial charge < -0.3 is 9.47 Å². The van der Waals surface area contributed by atoms with E-state index in [4.69, 9.17) is 9.47 Å². The fraction of sp³-hybridized carbons (Fsp3) is 0.385. The van der Waals surface area contributed by atoms with Gasteiger partial charge in [0.15, 0.2) is 0 Å². The lowest BCUT2D eigenvalue weighted by Crippen LogP contribution is -2.38. The summed E-state index contributed by atoms with van der Waals surface area (Å²) in [7, 11) is 0. The maximum atomic E-state index is 13.0. The van der Waals surface area contributed by atoms with E-state index in [0.717, 1.165) is 42.0 Å². The highest BCUT2D eigenvalue weighted by molar-refractivity contribution is 5.94. The van der Waals surface area contributed by atoms with E-state index in [0.29, 0.717) is 36.5 Å². The van der Waals surface area contributed by atoms with Crippen molar-refractivity contribution in [2.45, 2.75) is 53.5 Å². The van der Waals surface area contributed by atoms with Crippen molar-refractivity contribution in [3.05, 3.63) is 80.0 Å². The third-order valence-corrected chi connectivity index (χ3v) is 6.83. The van der Waals surface area contributed by atoms with Gasteiger partial charge in [-0.3, -0.25) is 9.47 Å². The monoisotopic (exact) mass is 476 g/mol. The van der Waals surface area contributed by atoms with Crippen LogP contribution in [0.25, 0.3) is 5.69 Å². The van der Waals surface area contributed by atoms with Gasteiger partial charge in [0, 0.05) is 30.8 Å². The Labute approximate surface area is 202 Å². The van der Waals surface area contributed by atoms with E-state index in [2.05, 4.69) is 10.00 Å². The number of hydrogen-bond acceptors (Lipinski definition) is 7. The molecule has 35 heavy (non-hydrogen) atoms. The Morgan fingerprint density at radius 1 is 0.943 bits per heavy atom. The third-order valence-electron chi connectivity index (χ3n) is 6.83. The van der Waals surface area contributed by atoms with Crippen LogP contribution in [-0.4, -0.2) is 44.3 Å². The molecule has 9 nitrogen and oxygen atoms in total. The molecule has 0 saturated carbocycles. The van der Waals surface area contributed by atoms with E-state index < -0.39 is 0 Å². The molecule has 0 amide bonds. The molecule has 2 aromatic carbocycles. The molecule has 182 valence electrons. The number of esters is 2. The predicted octanol–water partition coefficient (Wildman–Crippen LogP) is 2.77. The molecule has 6 rings (SSSR count). The smallest absolute Gasteiger partial charge is 0.350 e. The predicted molar refractivity (Wildman–Crippen MR) is 128 cm³/mol. The third kappa shape index (κ3) is 3.95. The summed E-state index contributed by atoms with van der Waals surface area (Å²) in [5, 5.41) is 4.59. The molecule has 9 heteroatoms. The Bertz CT molecular complexity index is 1390. The Hall–Kier alpha value is -3.72. The van der Waals surface area contributed by atoms with E-state index >= 15 is 0 Å². The number of fused-ring (bicyclic) bond motifs is 3. The lowest BCUT2D eigenvalue weighted by Gasteiger charge is -2.26. The van der Waals surface area contributed by atoms with E-state index in [9.17, 15) is 14.4 Å². The Morgan fingerprint density at radius 3 is 2.51 bits per heavy atom. The van der Waals surface area contributed by atoms with Crippen LogP contribution in [0.5, 0.6) is 0 Å². The van der Waals surface area contributed by atoms with Crippen molar-refractivity contribution in [3.63, 3.8) is 0 Å². The number of nitrogens with zero attached hydrogens (tertiary/aromatic N) is 4. The molecule has 0 saturated heterocycles. The number of carbonyl (C=O) groups is 2. The second-order valence-electron chi connectivity index (χ2n) is 8.66. The van der Waals surface area contributed by atoms with Gasteiger partial charge in [-0.05, 0) is 48.7 Å². The van der Waals surface area contributed by atoms with E-state index in [1.54, 1.807) is 22.8 Å². The summed E-state index contributed by atoms with van der Waals surface area (Å²) in [4.78, 5) is 38.7. The normalized spacial score (nSPS) is 16.1. The van der Waals surface area contributed by atoms with Crippen molar-refractivity contribution in [1.82, 2.24) is 19.2 Å². The first-order valence-corrected chi connectivity index (χ1v) is 12.0. The van der Waals surface area contributed by atoms with Crippen LogP contribution in [0, 0.1) is 6.92 Å². The fourth-order valence-corrected chi connectivity index (χ4v) is 4.86. The van der Waals surface area contributed by atoms with Crippen molar-refractivity contribution in [2.24, 2.45) is 0 Å². The minimum Gasteiger partial charge on any atom is -0.457 e. The van der Waals surface area contributed by atoms with Gasteiger partial charge in [-0.1, -0.05) is 19.9 Å². The maximum Gasteiger partial charge on any atom is 0.350 e. The molecular weight excluding hydrogens is 448 g/mol. The number of benzene rings is 2. The van der Waals surface area contributed by atoms with Crippen LogP contribution in [0.3, 0.4) is 0 Å². The van der Waals surface area contributed by atoms with Crippen LogP contribution < -0.4 is 5.69 Å². The lowest BCUT2D eigenvalue weighted by molar-refractivity contribution is 0.0526.